The van der Waals surface area contributed by atoms with Gasteiger partial charge in [-0.3, -0.25) is 4.79 Å². The van der Waals surface area contributed by atoms with Crippen LogP contribution in [-0.4, -0.2) is 15.9 Å². The molecule has 0 spiro atoms. The molecule has 1 amide bonds. The Kier molecular flexibility index (Phi) is 5.25. The molecule has 0 radical (unpaired) electrons. The predicted octanol–water partition coefficient (Wildman–Crippen LogP) is 5.18. The fraction of sp³-hybridized carbons (Fsp3) is 0.0952. The molecule has 0 aliphatic carbocycles. The smallest absolute Gasteiger partial charge is 0.226 e. The zero-order chi connectivity index (χ0) is 19.3. The van der Waals surface area contributed by atoms with Crippen molar-refractivity contribution in [1.82, 2.24) is 9.97 Å². The Morgan fingerprint density at radius 1 is 1.07 bits per heavy atom. The van der Waals surface area contributed by atoms with Crippen LogP contribution in [0, 0.1) is 5.82 Å². The summed E-state index contributed by atoms with van der Waals surface area (Å²) < 4.78 is 18.6. The van der Waals surface area contributed by atoms with E-state index < -0.39 is 0 Å². The van der Waals surface area contributed by atoms with Crippen molar-refractivity contribution in [3.05, 3.63) is 77.9 Å². The van der Waals surface area contributed by atoms with Crippen LogP contribution in [0.4, 0.5) is 9.52 Å². The number of carbonyl (C=O) groups is 1. The van der Waals surface area contributed by atoms with Gasteiger partial charge in [0.2, 0.25) is 5.91 Å². The van der Waals surface area contributed by atoms with Crippen LogP contribution in [0.25, 0.3) is 22.6 Å². The summed E-state index contributed by atoms with van der Waals surface area (Å²) in [6, 6.07) is 15.8. The molecule has 0 saturated heterocycles. The summed E-state index contributed by atoms with van der Waals surface area (Å²) in [5.41, 5.74) is 2.57. The van der Waals surface area contributed by atoms with Crippen LogP contribution in [0.1, 0.15) is 12.3 Å². The van der Waals surface area contributed by atoms with Crippen molar-refractivity contribution in [2.24, 2.45) is 0 Å². The summed E-state index contributed by atoms with van der Waals surface area (Å²) in [5.74, 6) is 0.537. The number of thiazole rings is 1. The van der Waals surface area contributed by atoms with Crippen molar-refractivity contribution in [2.75, 3.05) is 5.32 Å². The molecule has 4 aromatic rings. The Morgan fingerprint density at radius 3 is 2.64 bits per heavy atom. The Labute approximate surface area is 164 Å². The van der Waals surface area contributed by atoms with Crippen molar-refractivity contribution in [3.63, 3.8) is 0 Å². The van der Waals surface area contributed by atoms with Gasteiger partial charge >= 0.3 is 0 Å². The topological polar surface area (TPSA) is 68.0 Å². The maximum atomic E-state index is 13.0. The van der Waals surface area contributed by atoms with Crippen LogP contribution in [0.5, 0.6) is 0 Å². The Morgan fingerprint density at radius 2 is 1.86 bits per heavy atom. The highest BCUT2D eigenvalue weighted by molar-refractivity contribution is 7.14. The predicted molar refractivity (Wildman–Crippen MR) is 106 cm³/mol. The molecule has 4 rings (SSSR count). The average molecular weight is 393 g/mol. The van der Waals surface area contributed by atoms with E-state index in [0.717, 1.165) is 16.8 Å². The largest absolute Gasteiger partial charge is 0.441 e. The number of halogens is 1. The lowest BCUT2D eigenvalue weighted by molar-refractivity contribution is -0.116. The van der Waals surface area contributed by atoms with Crippen LogP contribution in [0.2, 0.25) is 0 Å². The second kappa shape index (κ2) is 8.14. The first-order chi connectivity index (χ1) is 13.7. The van der Waals surface area contributed by atoms with E-state index in [1.807, 2.05) is 35.7 Å². The number of oxazole rings is 1. The molecule has 0 fully saturated rings. The molecule has 1 N–H and O–H groups in total. The quantitative estimate of drug-likeness (QED) is 0.490. The second-order valence-electron chi connectivity index (χ2n) is 6.08. The van der Waals surface area contributed by atoms with E-state index in [2.05, 4.69) is 15.3 Å². The number of hydrogen-bond acceptors (Lipinski definition) is 5. The highest BCUT2D eigenvalue weighted by Gasteiger charge is 2.11. The third kappa shape index (κ3) is 4.32. The van der Waals surface area contributed by atoms with Crippen molar-refractivity contribution in [3.8, 4) is 22.6 Å². The van der Waals surface area contributed by atoms with Gasteiger partial charge in [-0.2, -0.15) is 0 Å². The van der Waals surface area contributed by atoms with Crippen molar-refractivity contribution >= 4 is 22.4 Å². The van der Waals surface area contributed by atoms with Gasteiger partial charge in [-0.25, -0.2) is 14.4 Å². The molecule has 0 aliphatic heterocycles. The zero-order valence-electron chi connectivity index (χ0n) is 14.8. The average Bonchev–Trinajstić information content (AvgIpc) is 3.37. The molecule has 2 aromatic carbocycles. The van der Waals surface area contributed by atoms with Gasteiger partial charge in [-0.15, -0.1) is 11.3 Å². The number of aromatic nitrogens is 2. The molecule has 140 valence electrons. The summed E-state index contributed by atoms with van der Waals surface area (Å²) in [7, 11) is 0. The van der Waals surface area contributed by atoms with Gasteiger partial charge in [0.05, 0.1) is 11.9 Å². The first kappa shape index (κ1) is 18.1. The summed E-state index contributed by atoms with van der Waals surface area (Å²) in [5, 5.41) is 5.27. The minimum atomic E-state index is -0.308. The van der Waals surface area contributed by atoms with Crippen molar-refractivity contribution < 1.29 is 13.6 Å². The van der Waals surface area contributed by atoms with Crippen LogP contribution < -0.4 is 5.32 Å². The molecule has 5 nitrogen and oxygen atoms in total. The fourth-order valence-electron chi connectivity index (χ4n) is 2.65. The molecular formula is C21H16FN3O2S. The third-order valence-electron chi connectivity index (χ3n) is 4.07. The lowest BCUT2D eigenvalue weighted by Crippen LogP contribution is -2.12. The van der Waals surface area contributed by atoms with Gasteiger partial charge < -0.3 is 9.73 Å². The van der Waals surface area contributed by atoms with E-state index in [9.17, 15) is 9.18 Å². The van der Waals surface area contributed by atoms with Crippen LogP contribution in [-0.2, 0) is 11.2 Å². The molecule has 2 heterocycles. The summed E-state index contributed by atoms with van der Waals surface area (Å²) in [6.07, 6.45) is 2.17. The molecule has 0 saturated carbocycles. The zero-order valence-corrected chi connectivity index (χ0v) is 15.6. The third-order valence-corrected chi connectivity index (χ3v) is 4.83. The lowest BCUT2D eigenvalue weighted by atomic mass is 10.2. The van der Waals surface area contributed by atoms with E-state index >= 15 is 0 Å². The molecular weight excluding hydrogens is 377 g/mol. The van der Waals surface area contributed by atoms with Gasteiger partial charge in [0, 0.05) is 29.3 Å². The summed E-state index contributed by atoms with van der Waals surface area (Å²) >= 11 is 1.38. The number of amides is 1. The van der Waals surface area contributed by atoms with Gasteiger partial charge in [0.25, 0.3) is 0 Å². The number of benzene rings is 2. The number of aryl methyl sites for hydroxylation is 1. The van der Waals surface area contributed by atoms with E-state index in [0.29, 0.717) is 23.2 Å². The van der Waals surface area contributed by atoms with Crippen LogP contribution >= 0.6 is 11.3 Å². The highest BCUT2D eigenvalue weighted by atomic mass is 32.1. The standard InChI is InChI=1S/C21H16FN3O2S/c22-16-8-6-15(7-9-16)18-12-23-20(27-18)11-10-19(26)25-21-24-17(13-28-21)14-4-2-1-3-5-14/h1-9,12-13H,10-11H2,(H,24,25,26). The van der Waals surface area contributed by atoms with E-state index in [1.54, 1.807) is 18.3 Å². The fourth-order valence-corrected chi connectivity index (χ4v) is 3.38. The first-order valence-electron chi connectivity index (χ1n) is 8.69. The van der Waals surface area contributed by atoms with E-state index in [4.69, 9.17) is 4.42 Å². The molecule has 0 unspecified atom stereocenters. The number of anilines is 1. The number of nitrogens with one attached hydrogen (secondary N) is 1. The van der Waals surface area contributed by atoms with Crippen molar-refractivity contribution in [1.29, 1.82) is 0 Å². The van der Waals surface area contributed by atoms with Gasteiger partial charge in [0.1, 0.15) is 5.82 Å². The second-order valence-corrected chi connectivity index (χ2v) is 6.94. The summed E-state index contributed by atoms with van der Waals surface area (Å²) in [4.78, 5) is 20.8. The molecule has 2 aromatic heterocycles. The lowest BCUT2D eigenvalue weighted by Gasteiger charge is -2.00. The van der Waals surface area contributed by atoms with Crippen LogP contribution in [0.15, 0.2) is 70.6 Å². The minimum Gasteiger partial charge on any atom is -0.441 e. The van der Waals surface area contributed by atoms with Gasteiger partial charge in [-0.1, -0.05) is 30.3 Å². The number of nitrogens with zero attached hydrogens (tertiary/aromatic N) is 2. The molecule has 0 aliphatic rings. The number of hydrogen-bond donors (Lipinski definition) is 1. The Balaban J connectivity index is 1.33. The highest BCUT2D eigenvalue weighted by Crippen LogP contribution is 2.25. The maximum absolute atomic E-state index is 13.0. The number of carbonyl (C=O) groups excluding carboxylic acids is 1. The van der Waals surface area contributed by atoms with Crippen molar-refractivity contribution in [2.45, 2.75) is 12.8 Å². The Bertz CT molecular complexity index is 1070. The molecule has 0 bridgehead atoms. The molecule has 7 heteroatoms. The normalized spacial score (nSPS) is 10.8. The van der Waals surface area contributed by atoms with Crippen LogP contribution in [0.3, 0.4) is 0 Å². The Hall–Kier alpha value is -3.32. The minimum absolute atomic E-state index is 0.157. The first-order valence-corrected chi connectivity index (χ1v) is 9.57. The molecule has 28 heavy (non-hydrogen) atoms. The van der Waals surface area contributed by atoms with E-state index in [-0.39, 0.29) is 18.1 Å². The van der Waals surface area contributed by atoms with E-state index in [1.165, 1.54) is 23.5 Å². The number of rotatable bonds is 6. The molecule has 0 atom stereocenters. The maximum Gasteiger partial charge on any atom is 0.226 e. The summed E-state index contributed by atoms with van der Waals surface area (Å²) in [6.45, 7) is 0. The van der Waals surface area contributed by atoms with Gasteiger partial charge in [0.15, 0.2) is 16.8 Å². The van der Waals surface area contributed by atoms with Gasteiger partial charge in [-0.05, 0) is 24.3 Å². The SMILES string of the molecule is O=C(CCc1ncc(-c2ccc(F)cc2)o1)Nc1nc(-c2ccccc2)cs1. The monoisotopic (exact) mass is 393 g/mol.